The second-order valence-electron chi connectivity index (χ2n) is 4.62. The van der Waals surface area contributed by atoms with Gasteiger partial charge in [0.25, 0.3) is 10.0 Å². The molecule has 0 fully saturated rings. The van der Waals surface area contributed by atoms with Crippen LogP contribution in [-0.4, -0.2) is 47.6 Å². The number of hydrogen-bond donors (Lipinski definition) is 1. The number of esters is 1. The fraction of sp³-hybridized carbons (Fsp3) is 0.333. The summed E-state index contributed by atoms with van der Waals surface area (Å²) in [5.41, 5.74) is -0.966. The fourth-order valence-corrected chi connectivity index (χ4v) is 5.09. The number of ether oxygens (including phenoxy) is 2. The first-order valence-corrected chi connectivity index (χ1v) is 10.00. The molecule has 0 saturated heterocycles. The van der Waals surface area contributed by atoms with Gasteiger partial charge >= 0.3 is 17.7 Å². The molecule has 0 atom stereocenters. The highest BCUT2D eigenvalue weighted by atomic mass is 35.5. The molecule has 0 radical (unpaired) electrons. The number of carbonyl (C=O) groups is 1. The average Bonchev–Trinajstić information content (AvgIpc) is 3.10. The third kappa shape index (κ3) is 3.75. The zero-order valence-electron chi connectivity index (χ0n) is 13.7. The molecule has 2 aromatic rings. The number of thiophene rings is 1. The highest BCUT2D eigenvalue weighted by molar-refractivity contribution is 7.92. The molecule has 0 amide bonds. The first-order valence-electron chi connectivity index (χ1n) is 6.85. The molecule has 0 saturated carbocycles. The Kier molecular flexibility index (Phi) is 6.05. The maximum atomic E-state index is 12.6. The molecule has 142 valence electrons. The number of carbonyl (C=O) groups excluding carboxylic acids is 1. The van der Waals surface area contributed by atoms with Gasteiger partial charge in [0.15, 0.2) is 0 Å². The number of aromatic nitrogens is 3. The van der Waals surface area contributed by atoms with Gasteiger partial charge in [0.05, 0.1) is 19.3 Å². The zero-order valence-corrected chi connectivity index (χ0v) is 16.9. The number of methoxy groups -OCH3 is 1. The van der Waals surface area contributed by atoms with E-state index in [2.05, 4.69) is 9.84 Å². The Hall–Kier alpha value is -1.96. The standard InChI is InChI=1S/C12H13ClN4O6S3/c1-4-23-10-14-17(12(19)16(10)2)11(24)15-26(20,21)7-6(9(18)22-3)5-25-8(7)13/h5H,4H2,1-3H3,(H,15,24). The Morgan fingerprint density at radius 1 is 1.50 bits per heavy atom. The smallest absolute Gasteiger partial charge is 0.355 e. The van der Waals surface area contributed by atoms with Gasteiger partial charge in [-0.1, -0.05) is 11.6 Å². The minimum Gasteiger partial charge on any atom is -0.465 e. The van der Waals surface area contributed by atoms with E-state index in [0.717, 1.165) is 23.0 Å². The van der Waals surface area contributed by atoms with E-state index >= 15 is 0 Å². The highest BCUT2D eigenvalue weighted by Gasteiger charge is 2.30. The SMILES string of the molecule is CCOc1nn(C(=S)NS(=O)(=O)c2c(C(=O)OC)csc2Cl)c(=O)n1C. The van der Waals surface area contributed by atoms with E-state index in [-0.39, 0.29) is 22.5 Å². The van der Waals surface area contributed by atoms with Crippen molar-refractivity contribution < 1.29 is 22.7 Å². The molecule has 1 N–H and O–H groups in total. The molecule has 0 aromatic carbocycles. The fourth-order valence-electron chi connectivity index (χ4n) is 1.84. The van der Waals surface area contributed by atoms with Crippen molar-refractivity contribution in [2.45, 2.75) is 11.8 Å². The Morgan fingerprint density at radius 2 is 2.15 bits per heavy atom. The van der Waals surface area contributed by atoms with Crippen LogP contribution in [0.15, 0.2) is 15.1 Å². The van der Waals surface area contributed by atoms with Crippen molar-refractivity contribution in [3.8, 4) is 6.01 Å². The molecule has 0 unspecified atom stereocenters. The Labute approximate surface area is 162 Å². The number of halogens is 1. The van der Waals surface area contributed by atoms with Crippen molar-refractivity contribution in [1.82, 2.24) is 19.1 Å². The third-order valence-electron chi connectivity index (χ3n) is 3.01. The molecule has 10 nitrogen and oxygen atoms in total. The van der Waals surface area contributed by atoms with Crippen LogP contribution in [0.3, 0.4) is 0 Å². The number of nitrogens with zero attached hydrogens (tertiary/aromatic N) is 3. The highest BCUT2D eigenvalue weighted by Crippen LogP contribution is 2.32. The second-order valence-corrected chi connectivity index (χ2v) is 8.11. The van der Waals surface area contributed by atoms with E-state index in [9.17, 15) is 18.0 Å². The summed E-state index contributed by atoms with van der Waals surface area (Å²) in [4.78, 5) is 23.4. The lowest BCUT2D eigenvalue weighted by Gasteiger charge is -2.09. The maximum Gasteiger partial charge on any atom is 0.355 e. The summed E-state index contributed by atoms with van der Waals surface area (Å²) < 4.78 is 38.4. The zero-order chi connectivity index (χ0) is 19.6. The normalized spacial score (nSPS) is 11.2. The molecular formula is C12H13ClN4O6S3. The predicted octanol–water partition coefficient (Wildman–Crippen LogP) is 0.593. The summed E-state index contributed by atoms with van der Waals surface area (Å²) in [5.74, 6) is -0.881. The molecule has 0 bridgehead atoms. The average molecular weight is 441 g/mol. The van der Waals surface area contributed by atoms with Crippen molar-refractivity contribution in [3.63, 3.8) is 0 Å². The van der Waals surface area contributed by atoms with Gasteiger partial charge in [0.2, 0.25) is 5.11 Å². The van der Waals surface area contributed by atoms with Crippen LogP contribution < -0.4 is 15.1 Å². The van der Waals surface area contributed by atoms with Crippen LogP contribution in [0.1, 0.15) is 17.3 Å². The van der Waals surface area contributed by atoms with Gasteiger partial charge in [0.1, 0.15) is 9.23 Å². The minimum absolute atomic E-state index is 0.0390. The summed E-state index contributed by atoms with van der Waals surface area (Å²) in [6.45, 7) is 1.94. The van der Waals surface area contributed by atoms with Crippen LogP contribution in [0.25, 0.3) is 0 Å². The van der Waals surface area contributed by atoms with Crippen LogP contribution in [-0.2, 0) is 21.8 Å². The van der Waals surface area contributed by atoms with E-state index in [0.29, 0.717) is 4.68 Å². The lowest BCUT2D eigenvalue weighted by molar-refractivity contribution is 0.0597. The number of hydrogen-bond acceptors (Lipinski definition) is 9. The molecule has 14 heteroatoms. The summed E-state index contributed by atoms with van der Waals surface area (Å²) in [6, 6.07) is -0.0390. The van der Waals surface area contributed by atoms with Crippen LogP contribution in [0, 0.1) is 0 Å². The molecular weight excluding hydrogens is 428 g/mol. The number of rotatable bonds is 5. The Morgan fingerprint density at radius 3 is 2.73 bits per heavy atom. The molecule has 2 heterocycles. The number of thiocarbonyl (C=S) groups is 1. The van der Waals surface area contributed by atoms with Gasteiger partial charge in [-0.05, 0) is 19.1 Å². The van der Waals surface area contributed by atoms with E-state index in [4.69, 9.17) is 28.6 Å². The largest absolute Gasteiger partial charge is 0.465 e. The number of sulfonamides is 1. The summed E-state index contributed by atoms with van der Waals surface area (Å²) in [7, 11) is -1.89. The van der Waals surface area contributed by atoms with Gasteiger partial charge in [-0.25, -0.2) is 22.6 Å². The van der Waals surface area contributed by atoms with E-state index in [1.165, 1.54) is 12.4 Å². The molecule has 0 aliphatic heterocycles. The lowest BCUT2D eigenvalue weighted by Crippen LogP contribution is -2.40. The van der Waals surface area contributed by atoms with Gasteiger partial charge in [-0.2, -0.15) is 0 Å². The first-order chi connectivity index (χ1) is 12.1. The molecule has 0 aliphatic rings. The summed E-state index contributed by atoms with van der Waals surface area (Å²) in [5, 5.41) is 4.52. The monoisotopic (exact) mass is 440 g/mol. The van der Waals surface area contributed by atoms with E-state index in [1.54, 1.807) is 6.92 Å². The van der Waals surface area contributed by atoms with Crippen LogP contribution in [0.5, 0.6) is 6.01 Å². The molecule has 0 aliphatic carbocycles. The van der Waals surface area contributed by atoms with Crippen LogP contribution in [0.4, 0.5) is 0 Å². The van der Waals surface area contributed by atoms with E-state index in [1.807, 2.05) is 4.72 Å². The minimum atomic E-state index is -4.38. The van der Waals surface area contributed by atoms with Gasteiger partial charge in [0, 0.05) is 12.4 Å². The van der Waals surface area contributed by atoms with Crippen molar-refractivity contribution >= 4 is 56.3 Å². The van der Waals surface area contributed by atoms with Gasteiger partial charge in [-0.15, -0.1) is 21.1 Å². The van der Waals surface area contributed by atoms with Gasteiger partial charge in [-0.3, -0.25) is 4.72 Å². The van der Waals surface area contributed by atoms with Crippen molar-refractivity contribution in [2.75, 3.05) is 13.7 Å². The maximum absolute atomic E-state index is 12.6. The summed E-state index contributed by atoms with van der Waals surface area (Å²) >= 11 is 11.7. The Bertz CT molecular complexity index is 1020. The third-order valence-corrected chi connectivity index (χ3v) is 6.30. The number of nitrogens with one attached hydrogen (secondary N) is 1. The van der Waals surface area contributed by atoms with Crippen molar-refractivity contribution in [1.29, 1.82) is 0 Å². The topological polar surface area (TPSA) is 122 Å². The lowest BCUT2D eigenvalue weighted by atomic mass is 10.3. The molecule has 2 rings (SSSR count). The van der Waals surface area contributed by atoms with E-state index < -0.39 is 31.7 Å². The Balaban J connectivity index is 2.41. The molecule has 0 spiro atoms. The predicted molar refractivity (Wildman–Crippen MR) is 97.6 cm³/mol. The first kappa shape index (κ1) is 20.4. The van der Waals surface area contributed by atoms with Crippen LogP contribution in [0.2, 0.25) is 4.34 Å². The summed E-state index contributed by atoms with van der Waals surface area (Å²) in [6.07, 6.45) is 0. The van der Waals surface area contributed by atoms with Gasteiger partial charge < -0.3 is 9.47 Å². The van der Waals surface area contributed by atoms with Crippen molar-refractivity contribution in [3.05, 3.63) is 25.8 Å². The van der Waals surface area contributed by atoms with Crippen molar-refractivity contribution in [2.24, 2.45) is 7.05 Å². The quantitative estimate of drug-likeness (QED) is 0.529. The van der Waals surface area contributed by atoms with Crippen LogP contribution >= 0.6 is 35.2 Å². The molecule has 26 heavy (non-hydrogen) atoms. The second kappa shape index (κ2) is 7.73. The molecule has 2 aromatic heterocycles.